The maximum atomic E-state index is 4.14. The Morgan fingerprint density at radius 2 is 2.21 bits per heavy atom. The van der Waals surface area contributed by atoms with E-state index in [2.05, 4.69) is 44.4 Å². The lowest BCUT2D eigenvalue weighted by atomic mass is 9.81. The molecule has 70 valence electrons. The minimum atomic E-state index is 0.449. The van der Waals surface area contributed by atoms with Gasteiger partial charge in [0, 0.05) is 5.92 Å². The van der Waals surface area contributed by atoms with Crippen LogP contribution in [0, 0.1) is 5.92 Å². The molecule has 0 aromatic carbocycles. The van der Waals surface area contributed by atoms with Crippen molar-refractivity contribution in [3.63, 3.8) is 0 Å². The van der Waals surface area contributed by atoms with Gasteiger partial charge >= 0.3 is 0 Å². The molecule has 0 fully saturated rings. The zero-order chi connectivity index (χ0) is 10.1. The van der Waals surface area contributed by atoms with E-state index in [1.165, 1.54) is 16.7 Å². The summed E-state index contributed by atoms with van der Waals surface area (Å²) in [4.78, 5) is 0. The van der Waals surface area contributed by atoms with Gasteiger partial charge in [0.15, 0.2) is 0 Å². The Morgan fingerprint density at radius 3 is 2.93 bits per heavy atom. The Balaban J connectivity index is 2.51. The maximum Gasteiger partial charge on any atom is 0.0213 e. The van der Waals surface area contributed by atoms with Crippen molar-refractivity contribution in [1.82, 2.24) is 0 Å². The summed E-state index contributed by atoms with van der Waals surface area (Å²) in [5, 5.41) is 0. The van der Waals surface area contributed by atoms with E-state index in [1.54, 1.807) is 0 Å². The van der Waals surface area contributed by atoms with E-state index in [1.807, 2.05) is 12.2 Å². The molecule has 0 aliphatic heterocycles. The second kappa shape index (κ2) is 3.30. The number of allylic oxidation sites excluding steroid dienone is 10. The molecule has 0 amide bonds. The van der Waals surface area contributed by atoms with Gasteiger partial charge in [0.05, 0.1) is 0 Å². The van der Waals surface area contributed by atoms with Crippen molar-refractivity contribution in [2.24, 2.45) is 5.92 Å². The predicted octanol–water partition coefficient (Wildman–Crippen LogP) is 3.73. The SMILES string of the molecule is C=C/C=C1\C(=C)C2=CC=CC2C=C1C. The third kappa shape index (κ3) is 1.24. The first-order valence-corrected chi connectivity index (χ1v) is 4.83. The van der Waals surface area contributed by atoms with Crippen molar-refractivity contribution in [3.05, 3.63) is 71.9 Å². The molecule has 0 aromatic heterocycles. The monoisotopic (exact) mass is 182 g/mol. The molecule has 2 aliphatic carbocycles. The van der Waals surface area contributed by atoms with Gasteiger partial charge in [0.1, 0.15) is 0 Å². The molecule has 0 saturated heterocycles. The zero-order valence-corrected chi connectivity index (χ0v) is 8.46. The second-order valence-electron chi connectivity index (χ2n) is 3.68. The van der Waals surface area contributed by atoms with Crippen molar-refractivity contribution in [1.29, 1.82) is 0 Å². The molecule has 0 saturated carbocycles. The van der Waals surface area contributed by atoms with E-state index in [0.29, 0.717) is 5.92 Å². The minimum absolute atomic E-state index is 0.449. The molecule has 2 aliphatic rings. The van der Waals surface area contributed by atoms with Gasteiger partial charge in [-0.05, 0) is 29.2 Å². The first kappa shape index (κ1) is 9.01. The Labute approximate surface area is 85.3 Å². The van der Waals surface area contributed by atoms with Gasteiger partial charge < -0.3 is 0 Å². The Kier molecular flexibility index (Phi) is 2.12. The van der Waals surface area contributed by atoms with Gasteiger partial charge in [-0.15, -0.1) is 0 Å². The highest BCUT2D eigenvalue weighted by Crippen LogP contribution is 2.38. The van der Waals surface area contributed by atoms with Gasteiger partial charge in [-0.1, -0.05) is 49.6 Å². The van der Waals surface area contributed by atoms with E-state index < -0.39 is 0 Å². The molecule has 0 heterocycles. The topological polar surface area (TPSA) is 0 Å². The maximum absolute atomic E-state index is 4.14. The Hall–Kier alpha value is -1.56. The molecular formula is C14H14. The molecular weight excluding hydrogens is 168 g/mol. The van der Waals surface area contributed by atoms with Crippen molar-refractivity contribution in [2.75, 3.05) is 0 Å². The summed E-state index contributed by atoms with van der Waals surface area (Å²) in [7, 11) is 0. The summed E-state index contributed by atoms with van der Waals surface area (Å²) in [6.07, 6.45) is 12.6. The molecule has 2 rings (SSSR count). The Bertz CT molecular complexity index is 411. The Morgan fingerprint density at radius 1 is 1.43 bits per heavy atom. The average Bonchev–Trinajstić information content (AvgIpc) is 2.60. The number of hydrogen-bond donors (Lipinski definition) is 0. The summed E-state index contributed by atoms with van der Waals surface area (Å²) in [5.41, 5.74) is 4.97. The van der Waals surface area contributed by atoms with Crippen LogP contribution in [0.25, 0.3) is 0 Å². The van der Waals surface area contributed by atoms with Crippen molar-refractivity contribution in [2.45, 2.75) is 6.92 Å². The third-order valence-electron chi connectivity index (χ3n) is 2.77. The lowest BCUT2D eigenvalue weighted by Gasteiger charge is -2.23. The van der Waals surface area contributed by atoms with Crippen LogP contribution in [0.5, 0.6) is 0 Å². The van der Waals surface area contributed by atoms with Crippen LogP contribution in [0.3, 0.4) is 0 Å². The van der Waals surface area contributed by atoms with Gasteiger partial charge in [-0.3, -0.25) is 0 Å². The quantitative estimate of drug-likeness (QED) is 0.579. The van der Waals surface area contributed by atoms with E-state index >= 15 is 0 Å². The number of hydrogen-bond acceptors (Lipinski definition) is 0. The molecule has 0 nitrogen and oxygen atoms in total. The second-order valence-corrected chi connectivity index (χ2v) is 3.68. The van der Waals surface area contributed by atoms with Crippen LogP contribution in [-0.2, 0) is 0 Å². The molecule has 0 bridgehead atoms. The number of fused-ring (bicyclic) bond motifs is 1. The minimum Gasteiger partial charge on any atom is -0.0990 e. The molecule has 0 radical (unpaired) electrons. The van der Waals surface area contributed by atoms with Crippen LogP contribution < -0.4 is 0 Å². The fourth-order valence-electron chi connectivity index (χ4n) is 2.04. The van der Waals surface area contributed by atoms with Gasteiger partial charge in [0.25, 0.3) is 0 Å². The summed E-state index contributed by atoms with van der Waals surface area (Å²) < 4.78 is 0. The van der Waals surface area contributed by atoms with Crippen molar-refractivity contribution < 1.29 is 0 Å². The fraction of sp³-hybridized carbons (Fsp3) is 0.143. The molecule has 1 unspecified atom stereocenters. The fourth-order valence-corrected chi connectivity index (χ4v) is 2.04. The van der Waals surface area contributed by atoms with E-state index in [4.69, 9.17) is 0 Å². The molecule has 0 heteroatoms. The van der Waals surface area contributed by atoms with Crippen LogP contribution in [0.4, 0.5) is 0 Å². The summed E-state index contributed by atoms with van der Waals surface area (Å²) in [6.45, 7) is 10.00. The first-order valence-electron chi connectivity index (χ1n) is 4.83. The lowest BCUT2D eigenvalue weighted by Crippen LogP contribution is -2.07. The summed E-state index contributed by atoms with van der Waals surface area (Å²) in [5.74, 6) is 0.449. The van der Waals surface area contributed by atoms with Crippen LogP contribution in [0.1, 0.15) is 6.92 Å². The first-order chi connectivity index (χ1) is 6.74. The van der Waals surface area contributed by atoms with E-state index in [9.17, 15) is 0 Å². The van der Waals surface area contributed by atoms with Crippen LogP contribution in [-0.4, -0.2) is 0 Å². The largest absolute Gasteiger partial charge is 0.0990 e. The zero-order valence-electron chi connectivity index (χ0n) is 8.46. The van der Waals surface area contributed by atoms with Crippen LogP contribution >= 0.6 is 0 Å². The molecule has 0 spiro atoms. The molecule has 14 heavy (non-hydrogen) atoms. The van der Waals surface area contributed by atoms with Gasteiger partial charge in [-0.2, -0.15) is 0 Å². The van der Waals surface area contributed by atoms with E-state index in [-0.39, 0.29) is 0 Å². The van der Waals surface area contributed by atoms with Crippen molar-refractivity contribution >= 4 is 0 Å². The smallest absolute Gasteiger partial charge is 0.0213 e. The van der Waals surface area contributed by atoms with Crippen LogP contribution in [0.15, 0.2) is 71.9 Å². The number of rotatable bonds is 1. The summed E-state index contributed by atoms with van der Waals surface area (Å²) >= 11 is 0. The summed E-state index contributed by atoms with van der Waals surface area (Å²) in [6, 6.07) is 0. The van der Waals surface area contributed by atoms with Crippen molar-refractivity contribution in [3.8, 4) is 0 Å². The van der Waals surface area contributed by atoms with Gasteiger partial charge in [0.2, 0.25) is 0 Å². The van der Waals surface area contributed by atoms with Crippen LogP contribution in [0.2, 0.25) is 0 Å². The highest BCUT2D eigenvalue weighted by Gasteiger charge is 2.23. The molecule has 0 aromatic rings. The average molecular weight is 182 g/mol. The van der Waals surface area contributed by atoms with E-state index in [0.717, 1.165) is 5.57 Å². The normalized spacial score (nSPS) is 27.4. The third-order valence-corrected chi connectivity index (χ3v) is 2.77. The lowest BCUT2D eigenvalue weighted by molar-refractivity contribution is 0.961. The molecule has 1 atom stereocenters. The highest BCUT2D eigenvalue weighted by atomic mass is 14.3. The molecule has 0 N–H and O–H groups in total. The van der Waals surface area contributed by atoms with Gasteiger partial charge in [-0.25, -0.2) is 0 Å². The highest BCUT2D eigenvalue weighted by molar-refractivity contribution is 5.63. The predicted molar refractivity (Wildman–Crippen MR) is 61.9 cm³/mol. The standard InChI is InChI=1S/C14H14/c1-4-6-13-10(2)9-12-7-5-8-14(12)11(13)3/h4-9,12H,1,3H2,2H3/b13-6-.